The number of aliphatic hydroxyl groups excluding tert-OH is 1. The highest BCUT2D eigenvalue weighted by atomic mass is 16.8. The number of aliphatic hydroxyl groups is 1. The van der Waals surface area contributed by atoms with E-state index in [9.17, 15) is 4.79 Å². The van der Waals surface area contributed by atoms with Crippen LogP contribution in [0.2, 0.25) is 0 Å². The predicted octanol–water partition coefficient (Wildman–Crippen LogP) is 3.17. The maximum absolute atomic E-state index is 11.5. The third kappa shape index (κ3) is 7.53. The van der Waals surface area contributed by atoms with Gasteiger partial charge in [-0.15, -0.1) is 0 Å². The molecule has 1 atom stereocenters. The van der Waals surface area contributed by atoms with Crippen LogP contribution >= 0.6 is 0 Å². The zero-order chi connectivity index (χ0) is 14.0. The molecule has 0 unspecified atom stereocenters. The van der Waals surface area contributed by atoms with Crippen molar-refractivity contribution in [2.24, 2.45) is 0 Å². The van der Waals surface area contributed by atoms with Crippen LogP contribution in [0.3, 0.4) is 0 Å². The SMILES string of the molecule is CCCCCCCCCCCC(=O)O[C@@]1(CO)CO1. The first-order valence-electron chi connectivity index (χ1n) is 7.69. The molecule has 0 amide bonds. The highest BCUT2D eigenvalue weighted by Gasteiger charge is 2.48. The second kappa shape index (κ2) is 9.32. The van der Waals surface area contributed by atoms with E-state index in [-0.39, 0.29) is 12.6 Å². The first kappa shape index (κ1) is 16.4. The van der Waals surface area contributed by atoms with Gasteiger partial charge in [-0.2, -0.15) is 0 Å². The summed E-state index contributed by atoms with van der Waals surface area (Å²) < 4.78 is 9.97. The lowest BCUT2D eigenvalue weighted by molar-refractivity contribution is -0.163. The van der Waals surface area contributed by atoms with Gasteiger partial charge in [-0.3, -0.25) is 4.79 Å². The van der Waals surface area contributed by atoms with Gasteiger partial charge < -0.3 is 14.6 Å². The van der Waals surface area contributed by atoms with Crippen LogP contribution in [0, 0.1) is 0 Å². The second-order valence-corrected chi connectivity index (χ2v) is 5.41. The number of hydrogen-bond acceptors (Lipinski definition) is 4. The smallest absolute Gasteiger partial charge is 0.308 e. The van der Waals surface area contributed by atoms with Crippen molar-refractivity contribution in [2.75, 3.05) is 13.2 Å². The fourth-order valence-corrected chi connectivity index (χ4v) is 2.10. The summed E-state index contributed by atoms with van der Waals surface area (Å²) in [6.07, 6.45) is 11.5. The number of unbranched alkanes of at least 4 members (excludes halogenated alkanes) is 8. The van der Waals surface area contributed by atoms with Crippen LogP contribution in [0.1, 0.15) is 71.1 Å². The molecular weight excluding hydrogens is 244 g/mol. The Bertz CT molecular complexity index is 249. The minimum atomic E-state index is -0.990. The van der Waals surface area contributed by atoms with E-state index in [0.29, 0.717) is 13.0 Å². The van der Waals surface area contributed by atoms with E-state index in [2.05, 4.69) is 6.92 Å². The van der Waals surface area contributed by atoms with Crippen molar-refractivity contribution in [3.63, 3.8) is 0 Å². The third-order valence-electron chi connectivity index (χ3n) is 3.49. The molecule has 0 aliphatic carbocycles. The van der Waals surface area contributed by atoms with Crippen molar-refractivity contribution in [3.05, 3.63) is 0 Å². The van der Waals surface area contributed by atoms with Gasteiger partial charge in [-0.25, -0.2) is 0 Å². The molecule has 4 nitrogen and oxygen atoms in total. The minimum absolute atomic E-state index is 0.240. The molecule has 0 aromatic rings. The average molecular weight is 272 g/mol. The molecule has 0 aromatic carbocycles. The van der Waals surface area contributed by atoms with E-state index < -0.39 is 5.79 Å². The molecule has 1 rings (SSSR count). The number of rotatable bonds is 12. The largest absolute Gasteiger partial charge is 0.428 e. The zero-order valence-corrected chi connectivity index (χ0v) is 12.2. The third-order valence-corrected chi connectivity index (χ3v) is 3.49. The van der Waals surface area contributed by atoms with E-state index in [4.69, 9.17) is 14.6 Å². The van der Waals surface area contributed by atoms with Crippen LogP contribution in [0.4, 0.5) is 0 Å². The van der Waals surface area contributed by atoms with E-state index in [0.717, 1.165) is 12.8 Å². The number of epoxide rings is 1. The van der Waals surface area contributed by atoms with Gasteiger partial charge in [-0.05, 0) is 6.42 Å². The van der Waals surface area contributed by atoms with Gasteiger partial charge in [0.1, 0.15) is 13.2 Å². The topological polar surface area (TPSA) is 59.1 Å². The van der Waals surface area contributed by atoms with Crippen molar-refractivity contribution >= 4 is 5.97 Å². The van der Waals surface area contributed by atoms with Crippen molar-refractivity contribution in [1.29, 1.82) is 0 Å². The lowest BCUT2D eigenvalue weighted by atomic mass is 10.1. The molecule has 1 N–H and O–H groups in total. The number of hydrogen-bond donors (Lipinski definition) is 1. The molecule has 0 radical (unpaired) electrons. The average Bonchev–Trinajstić information content (AvgIpc) is 3.17. The minimum Gasteiger partial charge on any atom is -0.428 e. The summed E-state index contributed by atoms with van der Waals surface area (Å²) in [7, 11) is 0. The van der Waals surface area contributed by atoms with Crippen molar-refractivity contribution in [3.8, 4) is 0 Å². The summed E-state index contributed by atoms with van der Waals surface area (Å²) in [6, 6.07) is 0. The zero-order valence-electron chi connectivity index (χ0n) is 12.2. The molecule has 0 spiro atoms. The Balaban J connectivity index is 1.84. The lowest BCUT2D eigenvalue weighted by Gasteiger charge is -2.09. The maximum atomic E-state index is 11.5. The monoisotopic (exact) mass is 272 g/mol. The van der Waals surface area contributed by atoms with E-state index in [1.807, 2.05) is 0 Å². The molecule has 1 aliphatic heterocycles. The van der Waals surface area contributed by atoms with Crippen LogP contribution in [0.15, 0.2) is 0 Å². The van der Waals surface area contributed by atoms with Gasteiger partial charge in [0.25, 0.3) is 5.79 Å². The Morgan fingerprint density at radius 1 is 1.11 bits per heavy atom. The molecule has 1 fully saturated rings. The molecule has 0 bridgehead atoms. The Morgan fingerprint density at radius 2 is 1.63 bits per heavy atom. The molecule has 19 heavy (non-hydrogen) atoms. The quantitative estimate of drug-likeness (QED) is 0.337. The van der Waals surface area contributed by atoms with Crippen LogP contribution in [0.5, 0.6) is 0 Å². The first-order valence-corrected chi connectivity index (χ1v) is 7.69. The maximum Gasteiger partial charge on any atom is 0.308 e. The molecular formula is C15H28O4. The number of esters is 1. The summed E-state index contributed by atoms with van der Waals surface area (Å²) in [5.41, 5.74) is 0. The van der Waals surface area contributed by atoms with Crippen molar-refractivity contribution in [2.45, 2.75) is 76.9 Å². The lowest BCUT2D eigenvalue weighted by Crippen LogP contribution is -2.25. The van der Waals surface area contributed by atoms with E-state index in [1.54, 1.807) is 0 Å². The Kier molecular flexibility index (Phi) is 8.07. The number of ether oxygens (including phenoxy) is 2. The van der Waals surface area contributed by atoms with Crippen LogP contribution < -0.4 is 0 Å². The van der Waals surface area contributed by atoms with Gasteiger partial charge in [0, 0.05) is 6.42 Å². The Hall–Kier alpha value is -0.610. The fourth-order valence-electron chi connectivity index (χ4n) is 2.10. The normalized spacial score (nSPS) is 21.4. The molecule has 4 heteroatoms. The van der Waals surface area contributed by atoms with E-state index >= 15 is 0 Å². The first-order chi connectivity index (χ1) is 9.22. The standard InChI is InChI=1S/C15H28O4/c1-2-3-4-5-6-7-8-9-10-11-14(17)19-15(12-16)13-18-15/h16H,2-13H2,1H3/t15-/m0/s1. The molecule has 0 aromatic heterocycles. The van der Waals surface area contributed by atoms with Gasteiger partial charge in [-0.1, -0.05) is 58.3 Å². The molecule has 1 saturated heterocycles. The Labute approximate surface area is 116 Å². The van der Waals surface area contributed by atoms with Gasteiger partial charge in [0.2, 0.25) is 0 Å². The van der Waals surface area contributed by atoms with Crippen LogP contribution in [-0.4, -0.2) is 30.1 Å². The highest BCUT2D eigenvalue weighted by Crippen LogP contribution is 2.28. The molecule has 1 aliphatic rings. The molecule has 0 saturated carbocycles. The summed E-state index contributed by atoms with van der Waals surface area (Å²) in [4.78, 5) is 11.5. The van der Waals surface area contributed by atoms with E-state index in [1.165, 1.54) is 44.9 Å². The molecule has 112 valence electrons. The summed E-state index contributed by atoms with van der Waals surface area (Å²) in [5, 5.41) is 8.93. The fraction of sp³-hybridized carbons (Fsp3) is 0.933. The highest BCUT2D eigenvalue weighted by molar-refractivity contribution is 5.69. The summed E-state index contributed by atoms with van der Waals surface area (Å²) in [6.45, 7) is 2.32. The second-order valence-electron chi connectivity index (χ2n) is 5.41. The Morgan fingerprint density at radius 3 is 2.11 bits per heavy atom. The summed E-state index contributed by atoms with van der Waals surface area (Å²) in [5.74, 6) is -1.24. The van der Waals surface area contributed by atoms with Crippen LogP contribution in [0.25, 0.3) is 0 Å². The van der Waals surface area contributed by atoms with Crippen LogP contribution in [-0.2, 0) is 14.3 Å². The van der Waals surface area contributed by atoms with Crippen molar-refractivity contribution in [1.82, 2.24) is 0 Å². The van der Waals surface area contributed by atoms with Gasteiger partial charge >= 0.3 is 5.97 Å². The predicted molar refractivity (Wildman–Crippen MR) is 73.7 cm³/mol. The number of carbonyl (C=O) groups is 1. The molecule has 1 heterocycles. The number of carbonyl (C=O) groups excluding carboxylic acids is 1. The van der Waals surface area contributed by atoms with Crippen molar-refractivity contribution < 1.29 is 19.4 Å². The summed E-state index contributed by atoms with van der Waals surface area (Å²) >= 11 is 0. The van der Waals surface area contributed by atoms with Gasteiger partial charge in [0.05, 0.1) is 0 Å². The van der Waals surface area contributed by atoms with Gasteiger partial charge in [0.15, 0.2) is 0 Å².